The summed E-state index contributed by atoms with van der Waals surface area (Å²) in [6.07, 6.45) is 1.41. The van der Waals surface area contributed by atoms with Crippen molar-refractivity contribution in [1.29, 1.82) is 0 Å². The predicted octanol–water partition coefficient (Wildman–Crippen LogP) is 1.85. The normalized spacial score (nSPS) is 34.9. The van der Waals surface area contributed by atoms with Crippen LogP contribution in [0.15, 0.2) is 11.4 Å². The molecule has 1 aromatic rings. The fourth-order valence-electron chi connectivity index (χ4n) is 3.04. The van der Waals surface area contributed by atoms with Crippen LogP contribution >= 0.6 is 11.3 Å². The molecule has 1 saturated heterocycles. The van der Waals surface area contributed by atoms with E-state index < -0.39 is 15.4 Å². The van der Waals surface area contributed by atoms with Gasteiger partial charge in [-0.15, -0.1) is 11.3 Å². The first kappa shape index (κ1) is 14.1. The minimum Gasteiger partial charge on any atom is -0.350 e. The molecule has 3 atom stereocenters. The first-order chi connectivity index (χ1) is 9.30. The van der Waals surface area contributed by atoms with Gasteiger partial charge in [-0.05, 0) is 43.7 Å². The Labute approximate surface area is 123 Å². The first-order valence-electron chi connectivity index (χ1n) is 6.86. The molecule has 110 valence electrons. The van der Waals surface area contributed by atoms with E-state index in [1.807, 2.05) is 6.92 Å². The molecule has 1 N–H and O–H groups in total. The zero-order valence-corrected chi connectivity index (χ0v) is 13.3. The fourth-order valence-corrected chi connectivity index (χ4v) is 6.24. The van der Waals surface area contributed by atoms with Crippen molar-refractivity contribution < 1.29 is 13.2 Å². The van der Waals surface area contributed by atoms with Crippen molar-refractivity contribution in [2.75, 3.05) is 11.5 Å². The molecule has 20 heavy (non-hydrogen) atoms. The Bertz CT molecular complexity index is 649. The molecule has 3 rings (SSSR count). The highest BCUT2D eigenvalue weighted by Crippen LogP contribution is 2.50. The van der Waals surface area contributed by atoms with E-state index >= 15 is 0 Å². The highest BCUT2D eigenvalue weighted by Gasteiger charge is 2.48. The third kappa shape index (κ3) is 2.63. The molecule has 1 aromatic heterocycles. The van der Waals surface area contributed by atoms with E-state index in [0.29, 0.717) is 12.3 Å². The summed E-state index contributed by atoms with van der Waals surface area (Å²) in [7, 11) is -2.98. The van der Waals surface area contributed by atoms with Crippen molar-refractivity contribution in [2.24, 2.45) is 5.92 Å². The number of sulfone groups is 1. The van der Waals surface area contributed by atoms with Gasteiger partial charge in [-0.1, -0.05) is 0 Å². The van der Waals surface area contributed by atoms with Gasteiger partial charge in [0.15, 0.2) is 9.84 Å². The van der Waals surface area contributed by atoms with E-state index in [0.717, 1.165) is 6.42 Å². The number of aryl methyl sites for hydroxylation is 1. The average molecular weight is 313 g/mol. The number of hydrogen-bond acceptors (Lipinski definition) is 4. The zero-order chi connectivity index (χ0) is 14.5. The van der Waals surface area contributed by atoms with E-state index in [1.54, 1.807) is 11.3 Å². The Morgan fingerprint density at radius 3 is 2.80 bits per heavy atom. The van der Waals surface area contributed by atoms with Crippen LogP contribution in [0.2, 0.25) is 0 Å². The van der Waals surface area contributed by atoms with Gasteiger partial charge in [0.05, 0.1) is 17.0 Å². The maximum absolute atomic E-state index is 12.3. The summed E-state index contributed by atoms with van der Waals surface area (Å²) in [6, 6.07) is 2.08. The standard InChI is InChI=1S/C14H19NO3S2/c1-9-3-5-19-12(9)10-7-11(10)13(16)15-14(2)4-6-20(17,18)8-14/h3,5,10-11H,4,6-8H2,1-2H3,(H,15,16)/t10-,11-,14+/m1/s1. The quantitative estimate of drug-likeness (QED) is 0.926. The summed E-state index contributed by atoms with van der Waals surface area (Å²) in [4.78, 5) is 13.6. The monoisotopic (exact) mass is 313 g/mol. The second kappa shape index (κ2) is 4.56. The Kier molecular flexibility index (Phi) is 3.21. The second-order valence-corrected chi connectivity index (χ2v) is 9.44. The summed E-state index contributed by atoms with van der Waals surface area (Å²) in [6.45, 7) is 3.91. The fraction of sp³-hybridized carbons (Fsp3) is 0.643. The average Bonchev–Trinajstić information content (AvgIpc) is 2.94. The van der Waals surface area contributed by atoms with Gasteiger partial charge in [0.25, 0.3) is 0 Å². The predicted molar refractivity (Wildman–Crippen MR) is 79.7 cm³/mol. The topological polar surface area (TPSA) is 63.2 Å². The van der Waals surface area contributed by atoms with Crippen molar-refractivity contribution in [3.05, 3.63) is 21.9 Å². The number of thiophene rings is 1. The van der Waals surface area contributed by atoms with Gasteiger partial charge >= 0.3 is 0 Å². The van der Waals surface area contributed by atoms with Crippen LogP contribution in [0.1, 0.15) is 36.1 Å². The Morgan fingerprint density at radius 2 is 2.25 bits per heavy atom. The smallest absolute Gasteiger partial charge is 0.224 e. The summed E-state index contributed by atoms with van der Waals surface area (Å²) < 4.78 is 23.1. The van der Waals surface area contributed by atoms with E-state index in [1.165, 1.54) is 10.4 Å². The molecular weight excluding hydrogens is 294 g/mol. The minimum absolute atomic E-state index is 0.0161. The maximum Gasteiger partial charge on any atom is 0.224 e. The molecular formula is C14H19NO3S2. The molecule has 1 aliphatic carbocycles. The molecule has 0 bridgehead atoms. The molecule has 1 saturated carbocycles. The summed E-state index contributed by atoms with van der Waals surface area (Å²) in [5, 5.41) is 5.03. The molecule has 2 heterocycles. The van der Waals surface area contributed by atoms with E-state index in [-0.39, 0.29) is 23.3 Å². The second-order valence-electron chi connectivity index (χ2n) is 6.31. The lowest BCUT2D eigenvalue weighted by molar-refractivity contribution is -0.123. The van der Waals surface area contributed by atoms with E-state index in [4.69, 9.17) is 0 Å². The Morgan fingerprint density at radius 1 is 1.50 bits per heavy atom. The van der Waals surface area contributed by atoms with Crippen molar-refractivity contribution in [3.63, 3.8) is 0 Å². The van der Waals surface area contributed by atoms with Gasteiger partial charge in [-0.3, -0.25) is 4.79 Å². The first-order valence-corrected chi connectivity index (χ1v) is 9.56. The van der Waals surface area contributed by atoms with Gasteiger partial charge in [0.2, 0.25) is 5.91 Å². The molecule has 0 radical (unpaired) electrons. The van der Waals surface area contributed by atoms with Gasteiger partial charge < -0.3 is 5.32 Å². The number of amides is 1. The lowest BCUT2D eigenvalue weighted by Gasteiger charge is -2.24. The van der Waals surface area contributed by atoms with Crippen LogP contribution in [0.5, 0.6) is 0 Å². The summed E-state index contributed by atoms with van der Waals surface area (Å²) in [5.74, 6) is 0.620. The molecule has 0 unspecified atom stereocenters. The van der Waals surface area contributed by atoms with Crippen LogP contribution in [-0.4, -0.2) is 31.4 Å². The van der Waals surface area contributed by atoms with Gasteiger partial charge in [-0.25, -0.2) is 8.42 Å². The van der Waals surface area contributed by atoms with Gasteiger partial charge in [0, 0.05) is 16.7 Å². The third-order valence-electron chi connectivity index (χ3n) is 4.29. The molecule has 0 spiro atoms. The Balaban J connectivity index is 1.64. The minimum atomic E-state index is -2.98. The molecule has 4 nitrogen and oxygen atoms in total. The van der Waals surface area contributed by atoms with Crippen LogP contribution < -0.4 is 5.32 Å². The van der Waals surface area contributed by atoms with Crippen LogP contribution in [0.3, 0.4) is 0 Å². The number of nitrogens with one attached hydrogen (secondary N) is 1. The third-order valence-corrected chi connectivity index (χ3v) is 7.35. The lowest BCUT2D eigenvalue weighted by Crippen LogP contribution is -2.47. The van der Waals surface area contributed by atoms with Crippen molar-refractivity contribution >= 4 is 27.1 Å². The number of rotatable bonds is 3. The van der Waals surface area contributed by atoms with E-state index in [9.17, 15) is 13.2 Å². The van der Waals surface area contributed by atoms with Crippen molar-refractivity contribution in [1.82, 2.24) is 5.32 Å². The number of carbonyl (C=O) groups excluding carboxylic acids is 1. The zero-order valence-electron chi connectivity index (χ0n) is 11.7. The van der Waals surface area contributed by atoms with Crippen LogP contribution in [0.25, 0.3) is 0 Å². The maximum atomic E-state index is 12.3. The number of carbonyl (C=O) groups is 1. The summed E-state index contributed by atoms with van der Waals surface area (Å²) in [5.41, 5.74) is 0.679. The summed E-state index contributed by atoms with van der Waals surface area (Å²) >= 11 is 1.71. The van der Waals surface area contributed by atoms with Crippen molar-refractivity contribution in [3.8, 4) is 0 Å². The number of hydrogen-bond donors (Lipinski definition) is 1. The van der Waals surface area contributed by atoms with E-state index in [2.05, 4.69) is 23.7 Å². The molecule has 2 aliphatic rings. The molecule has 0 aromatic carbocycles. The van der Waals surface area contributed by atoms with Crippen LogP contribution in [0, 0.1) is 12.8 Å². The van der Waals surface area contributed by atoms with Crippen LogP contribution in [0.4, 0.5) is 0 Å². The Hall–Kier alpha value is -0.880. The van der Waals surface area contributed by atoms with Crippen LogP contribution in [-0.2, 0) is 14.6 Å². The molecule has 6 heteroatoms. The molecule has 1 aliphatic heterocycles. The highest BCUT2D eigenvalue weighted by molar-refractivity contribution is 7.91. The van der Waals surface area contributed by atoms with Crippen molar-refractivity contribution in [2.45, 2.75) is 38.1 Å². The van der Waals surface area contributed by atoms with Gasteiger partial charge in [-0.2, -0.15) is 0 Å². The molecule has 1 amide bonds. The highest BCUT2D eigenvalue weighted by atomic mass is 32.2. The SMILES string of the molecule is Cc1ccsc1[C@@H]1C[C@H]1C(=O)N[C@@]1(C)CCS(=O)(=O)C1. The lowest BCUT2D eigenvalue weighted by atomic mass is 10.0. The largest absolute Gasteiger partial charge is 0.350 e. The van der Waals surface area contributed by atoms with Gasteiger partial charge in [0.1, 0.15) is 0 Å². The molecule has 2 fully saturated rings.